The lowest BCUT2D eigenvalue weighted by molar-refractivity contribution is -0.156. The first-order chi connectivity index (χ1) is 10.1. The van der Waals surface area contributed by atoms with Gasteiger partial charge in [-0.05, 0) is 24.6 Å². The first-order valence-electron chi connectivity index (χ1n) is 6.75. The van der Waals surface area contributed by atoms with E-state index in [0.717, 1.165) is 5.56 Å². The summed E-state index contributed by atoms with van der Waals surface area (Å²) < 4.78 is 0. The molecule has 112 valence electrons. The first-order valence-corrected chi connectivity index (χ1v) is 6.75. The van der Waals surface area contributed by atoms with Gasteiger partial charge < -0.3 is 9.80 Å². The SMILES string of the molecule is CCN1CCN(Cc2cccc(C(=O)NN)c2)C(=O)C1=O. The molecule has 1 aliphatic rings. The fourth-order valence-electron chi connectivity index (χ4n) is 2.28. The van der Waals surface area contributed by atoms with Crippen LogP contribution >= 0.6 is 0 Å². The number of benzene rings is 1. The Hall–Kier alpha value is -2.41. The minimum absolute atomic E-state index is 0.299. The zero-order chi connectivity index (χ0) is 15.4. The Morgan fingerprint density at radius 2 is 1.90 bits per heavy atom. The molecule has 3 amide bonds. The molecular formula is C14H18N4O3. The predicted octanol–water partition coefficient (Wildman–Crippen LogP) is -0.519. The molecule has 1 heterocycles. The molecule has 0 aliphatic carbocycles. The third kappa shape index (κ3) is 3.19. The Morgan fingerprint density at radius 1 is 1.24 bits per heavy atom. The number of nitrogens with two attached hydrogens (primary N) is 1. The van der Waals surface area contributed by atoms with Crippen LogP contribution in [0.25, 0.3) is 0 Å². The van der Waals surface area contributed by atoms with Gasteiger partial charge in [0, 0.05) is 31.7 Å². The van der Waals surface area contributed by atoms with Crippen molar-refractivity contribution in [1.82, 2.24) is 15.2 Å². The number of nitrogen functional groups attached to an aromatic ring is 1. The number of carbonyl (C=O) groups is 3. The second-order valence-corrected chi connectivity index (χ2v) is 4.79. The second-order valence-electron chi connectivity index (χ2n) is 4.79. The summed E-state index contributed by atoms with van der Waals surface area (Å²) in [5.41, 5.74) is 3.26. The van der Waals surface area contributed by atoms with Crippen LogP contribution in [0.3, 0.4) is 0 Å². The van der Waals surface area contributed by atoms with Crippen LogP contribution < -0.4 is 11.3 Å². The number of rotatable bonds is 4. The van der Waals surface area contributed by atoms with E-state index in [0.29, 0.717) is 31.7 Å². The molecule has 7 heteroatoms. The van der Waals surface area contributed by atoms with E-state index in [1.807, 2.05) is 6.92 Å². The van der Waals surface area contributed by atoms with E-state index in [-0.39, 0.29) is 0 Å². The maximum atomic E-state index is 12.0. The van der Waals surface area contributed by atoms with Gasteiger partial charge in [-0.2, -0.15) is 0 Å². The minimum atomic E-state index is -0.503. The molecule has 1 aliphatic heterocycles. The van der Waals surface area contributed by atoms with Gasteiger partial charge in [0.2, 0.25) is 0 Å². The number of nitrogens with zero attached hydrogens (tertiary/aromatic N) is 2. The predicted molar refractivity (Wildman–Crippen MR) is 75.8 cm³/mol. The van der Waals surface area contributed by atoms with Crippen molar-refractivity contribution >= 4 is 17.7 Å². The average molecular weight is 290 g/mol. The molecule has 1 aromatic rings. The van der Waals surface area contributed by atoms with Gasteiger partial charge in [-0.1, -0.05) is 12.1 Å². The molecule has 1 saturated heterocycles. The van der Waals surface area contributed by atoms with Crippen molar-refractivity contribution in [2.45, 2.75) is 13.5 Å². The maximum absolute atomic E-state index is 12.0. The van der Waals surface area contributed by atoms with Crippen LogP contribution in [-0.2, 0) is 16.1 Å². The molecule has 2 rings (SSSR count). The van der Waals surface area contributed by atoms with Gasteiger partial charge in [-0.3, -0.25) is 19.8 Å². The number of nitrogens with one attached hydrogen (secondary N) is 1. The molecule has 7 nitrogen and oxygen atoms in total. The number of likely N-dealkylation sites (N-methyl/N-ethyl adjacent to an activating group) is 1. The summed E-state index contributed by atoms with van der Waals surface area (Å²) >= 11 is 0. The summed E-state index contributed by atoms with van der Waals surface area (Å²) in [4.78, 5) is 38.3. The van der Waals surface area contributed by atoms with Crippen molar-refractivity contribution in [2.24, 2.45) is 5.84 Å². The number of piperazine rings is 1. The van der Waals surface area contributed by atoms with Crippen LogP contribution in [0.2, 0.25) is 0 Å². The van der Waals surface area contributed by atoms with Gasteiger partial charge in [0.1, 0.15) is 0 Å². The van der Waals surface area contributed by atoms with Crippen molar-refractivity contribution in [1.29, 1.82) is 0 Å². The molecule has 3 N–H and O–H groups in total. The highest BCUT2D eigenvalue weighted by atomic mass is 16.2. The fraction of sp³-hybridized carbons (Fsp3) is 0.357. The van der Waals surface area contributed by atoms with Gasteiger partial charge in [0.25, 0.3) is 5.91 Å². The Morgan fingerprint density at radius 3 is 2.57 bits per heavy atom. The molecule has 0 saturated carbocycles. The zero-order valence-electron chi connectivity index (χ0n) is 11.8. The number of amides is 3. The molecule has 0 bridgehead atoms. The molecule has 0 aromatic heterocycles. The number of hydrazine groups is 1. The standard InChI is InChI=1S/C14H18N4O3/c1-2-17-6-7-18(14(21)13(17)20)9-10-4-3-5-11(8-10)12(19)16-15/h3-5,8H,2,6-7,9,15H2,1H3,(H,16,19). The van der Waals surface area contributed by atoms with Crippen LogP contribution in [0.5, 0.6) is 0 Å². The van der Waals surface area contributed by atoms with Crippen LogP contribution in [0.15, 0.2) is 24.3 Å². The first kappa shape index (κ1) is 15.0. The monoisotopic (exact) mass is 290 g/mol. The minimum Gasteiger partial charge on any atom is -0.333 e. The zero-order valence-corrected chi connectivity index (χ0v) is 11.8. The van der Waals surface area contributed by atoms with Crippen LogP contribution in [0.4, 0.5) is 0 Å². The van der Waals surface area contributed by atoms with E-state index in [2.05, 4.69) is 5.43 Å². The van der Waals surface area contributed by atoms with E-state index in [1.165, 1.54) is 9.80 Å². The molecule has 1 fully saturated rings. The fourth-order valence-corrected chi connectivity index (χ4v) is 2.28. The number of hydrogen-bond acceptors (Lipinski definition) is 4. The highest BCUT2D eigenvalue weighted by molar-refractivity contribution is 6.35. The maximum Gasteiger partial charge on any atom is 0.312 e. The normalized spacial score (nSPS) is 15.3. The van der Waals surface area contributed by atoms with Crippen molar-refractivity contribution in [3.63, 3.8) is 0 Å². The van der Waals surface area contributed by atoms with Gasteiger partial charge >= 0.3 is 11.8 Å². The highest BCUT2D eigenvalue weighted by Gasteiger charge is 2.31. The third-order valence-electron chi connectivity index (χ3n) is 3.47. The lowest BCUT2D eigenvalue weighted by Gasteiger charge is -2.33. The molecule has 0 atom stereocenters. The number of carbonyl (C=O) groups excluding carboxylic acids is 3. The van der Waals surface area contributed by atoms with Crippen LogP contribution in [0.1, 0.15) is 22.8 Å². The Kier molecular flexibility index (Phi) is 4.54. The largest absolute Gasteiger partial charge is 0.333 e. The lowest BCUT2D eigenvalue weighted by Crippen LogP contribution is -2.53. The smallest absolute Gasteiger partial charge is 0.312 e. The Balaban J connectivity index is 2.10. The topological polar surface area (TPSA) is 95.7 Å². The summed E-state index contributed by atoms with van der Waals surface area (Å²) in [5, 5.41) is 0. The van der Waals surface area contributed by atoms with Gasteiger partial charge in [0.05, 0.1) is 0 Å². The van der Waals surface area contributed by atoms with Crippen molar-refractivity contribution in [3.05, 3.63) is 35.4 Å². The average Bonchev–Trinajstić information content (AvgIpc) is 2.51. The summed E-state index contributed by atoms with van der Waals surface area (Å²) in [5.74, 6) is 3.73. The van der Waals surface area contributed by atoms with Gasteiger partial charge in [-0.15, -0.1) is 0 Å². The van der Waals surface area contributed by atoms with Crippen LogP contribution in [0, 0.1) is 0 Å². The summed E-state index contributed by atoms with van der Waals surface area (Å²) in [6, 6.07) is 6.81. The second kappa shape index (κ2) is 6.36. The van der Waals surface area contributed by atoms with Crippen LogP contribution in [-0.4, -0.2) is 47.2 Å². The molecular weight excluding hydrogens is 272 g/mol. The molecule has 0 spiro atoms. The number of hydrogen-bond donors (Lipinski definition) is 2. The van der Waals surface area contributed by atoms with Crippen molar-refractivity contribution < 1.29 is 14.4 Å². The van der Waals surface area contributed by atoms with Gasteiger partial charge in [-0.25, -0.2) is 5.84 Å². The summed E-state index contributed by atoms with van der Waals surface area (Å²) in [7, 11) is 0. The van der Waals surface area contributed by atoms with E-state index >= 15 is 0 Å². The quantitative estimate of drug-likeness (QED) is 0.337. The van der Waals surface area contributed by atoms with Crippen molar-refractivity contribution in [2.75, 3.05) is 19.6 Å². The molecule has 0 unspecified atom stereocenters. The Labute approximate surface area is 122 Å². The Bertz CT molecular complexity index is 573. The van der Waals surface area contributed by atoms with E-state index < -0.39 is 17.7 Å². The van der Waals surface area contributed by atoms with Crippen molar-refractivity contribution in [3.8, 4) is 0 Å². The highest BCUT2D eigenvalue weighted by Crippen LogP contribution is 2.12. The molecule has 1 aromatic carbocycles. The molecule has 21 heavy (non-hydrogen) atoms. The summed E-state index contributed by atoms with van der Waals surface area (Å²) in [6.07, 6.45) is 0. The van der Waals surface area contributed by atoms with E-state index in [1.54, 1.807) is 24.3 Å². The molecule has 0 radical (unpaired) electrons. The van der Waals surface area contributed by atoms with E-state index in [4.69, 9.17) is 5.84 Å². The summed E-state index contributed by atoms with van der Waals surface area (Å²) in [6.45, 7) is 3.70. The van der Waals surface area contributed by atoms with E-state index in [9.17, 15) is 14.4 Å². The third-order valence-corrected chi connectivity index (χ3v) is 3.47. The lowest BCUT2D eigenvalue weighted by atomic mass is 10.1. The van der Waals surface area contributed by atoms with Gasteiger partial charge in [0.15, 0.2) is 0 Å².